The highest BCUT2D eigenvalue weighted by atomic mass is 16.5. The maximum atomic E-state index is 14.2. The number of hydrogen-bond donors (Lipinski definition) is 3. The minimum Gasteiger partial charge on any atom is -0.392 e. The molecule has 8 rings (SSSR count). The lowest BCUT2D eigenvalue weighted by molar-refractivity contribution is -0.271. The van der Waals surface area contributed by atoms with Crippen molar-refractivity contribution in [3.05, 3.63) is 34.5 Å². The molecule has 4 aliphatic carbocycles. The van der Waals surface area contributed by atoms with E-state index in [1.54, 1.807) is 13.8 Å². The number of carbonyl (C=O) groups is 2. The van der Waals surface area contributed by atoms with Gasteiger partial charge >= 0.3 is 0 Å². The molecule has 10 atom stereocenters. The van der Waals surface area contributed by atoms with Crippen LogP contribution in [0.15, 0.2) is 12.1 Å². The molecule has 7 nitrogen and oxygen atoms in total. The largest absolute Gasteiger partial charge is 0.392 e. The predicted octanol–water partition coefficient (Wildman–Crippen LogP) is 5.84. The van der Waals surface area contributed by atoms with Gasteiger partial charge in [-0.25, -0.2) is 0 Å². The number of aromatic nitrogens is 1. The van der Waals surface area contributed by atoms with E-state index in [1.807, 2.05) is 6.07 Å². The second-order valence-corrected chi connectivity index (χ2v) is 17.8. The predicted molar refractivity (Wildman–Crippen MR) is 171 cm³/mol. The fourth-order valence-electron chi connectivity index (χ4n) is 12.4. The summed E-state index contributed by atoms with van der Waals surface area (Å²) in [5.74, 6) is 0.535. The molecule has 5 unspecified atom stereocenters. The first-order chi connectivity index (χ1) is 20.9. The van der Waals surface area contributed by atoms with Gasteiger partial charge in [-0.05, 0) is 121 Å². The van der Waals surface area contributed by atoms with Crippen LogP contribution >= 0.6 is 0 Å². The van der Waals surface area contributed by atoms with Crippen molar-refractivity contribution in [1.29, 1.82) is 0 Å². The molecule has 0 spiro atoms. The van der Waals surface area contributed by atoms with Crippen molar-refractivity contribution in [1.82, 2.24) is 4.98 Å². The van der Waals surface area contributed by atoms with E-state index in [4.69, 9.17) is 9.47 Å². The minimum absolute atomic E-state index is 0.0486. The van der Waals surface area contributed by atoms with Gasteiger partial charge in [0.25, 0.3) is 0 Å². The summed E-state index contributed by atoms with van der Waals surface area (Å²) in [5.41, 5.74) is 2.27. The Hall–Kier alpha value is -2.06. The third-order valence-electron chi connectivity index (χ3n) is 14.7. The number of nitrogens with one attached hydrogen (secondary N) is 1. The summed E-state index contributed by atoms with van der Waals surface area (Å²) < 4.78 is 13.1. The summed E-state index contributed by atoms with van der Waals surface area (Å²) in [5, 5.41) is 23.8. The Morgan fingerprint density at radius 2 is 1.73 bits per heavy atom. The number of ketones is 1. The monoisotopic (exact) mass is 617 g/mol. The van der Waals surface area contributed by atoms with E-state index >= 15 is 0 Å². The van der Waals surface area contributed by atoms with Crippen LogP contribution < -0.4 is 0 Å². The van der Waals surface area contributed by atoms with E-state index in [9.17, 15) is 19.8 Å². The van der Waals surface area contributed by atoms with Gasteiger partial charge < -0.3 is 29.5 Å². The van der Waals surface area contributed by atoms with Gasteiger partial charge in [0.2, 0.25) is 0 Å². The van der Waals surface area contributed by atoms with Crippen LogP contribution in [0.25, 0.3) is 10.9 Å². The van der Waals surface area contributed by atoms with Gasteiger partial charge in [-0.3, -0.25) is 4.79 Å². The van der Waals surface area contributed by atoms with Crippen LogP contribution in [-0.2, 0) is 32.5 Å². The van der Waals surface area contributed by atoms with Gasteiger partial charge in [0.05, 0.1) is 46.4 Å². The lowest BCUT2D eigenvalue weighted by Gasteiger charge is -2.67. The molecule has 6 aliphatic rings. The number of Topliss-reactive ketones (excluding diaryl/α,β-unsaturated/α-hetero) is 1. The number of aliphatic hydroxyl groups is 2. The number of hydrogen-bond acceptors (Lipinski definition) is 6. The van der Waals surface area contributed by atoms with Crippen LogP contribution in [0, 0.1) is 34.5 Å². The first-order valence-corrected chi connectivity index (χ1v) is 17.4. The van der Waals surface area contributed by atoms with E-state index in [0.717, 1.165) is 49.5 Å². The van der Waals surface area contributed by atoms with E-state index in [2.05, 4.69) is 52.6 Å². The molecular formula is C38H51NO6. The first-order valence-electron chi connectivity index (χ1n) is 17.4. The van der Waals surface area contributed by atoms with Crippen LogP contribution in [0.5, 0.6) is 0 Å². The van der Waals surface area contributed by atoms with Crippen molar-refractivity contribution in [2.45, 2.75) is 141 Å². The minimum atomic E-state index is -1.10. The normalized spacial score (nSPS) is 44.4. The molecule has 3 N–H and O–H groups in total. The van der Waals surface area contributed by atoms with Crippen molar-refractivity contribution in [3.63, 3.8) is 0 Å². The molecule has 0 bridgehead atoms. The van der Waals surface area contributed by atoms with Crippen molar-refractivity contribution in [2.24, 2.45) is 34.5 Å². The SMILES string of the molecule is CC1(C)OC(C)(C)C2C(=O)c3ccc4[nH]c5c(c4c3CC21)CC1CCC2[C@@]3(C=O)C(CC[C@]2(C)[C@@]51C)O[C@H](C(C)(C)O)C[C@H]3O. The molecule has 244 valence electrons. The summed E-state index contributed by atoms with van der Waals surface area (Å²) >= 11 is 0. The zero-order valence-electron chi connectivity index (χ0n) is 28.3. The lowest BCUT2D eigenvalue weighted by Crippen LogP contribution is -2.70. The Bertz CT molecular complexity index is 1630. The molecule has 0 radical (unpaired) electrons. The first kappa shape index (κ1) is 30.3. The molecule has 1 aromatic carbocycles. The third kappa shape index (κ3) is 3.52. The zero-order chi connectivity index (χ0) is 32.3. The topological polar surface area (TPSA) is 109 Å². The molecule has 2 aromatic rings. The quantitative estimate of drug-likeness (QED) is 0.366. The molecule has 1 aromatic heterocycles. The highest BCUT2D eigenvalue weighted by Gasteiger charge is 2.71. The van der Waals surface area contributed by atoms with Gasteiger partial charge in [-0.15, -0.1) is 0 Å². The number of rotatable bonds is 2. The second-order valence-electron chi connectivity index (χ2n) is 17.8. The van der Waals surface area contributed by atoms with Crippen LogP contribution in [0.2, 0.25) is 0 Å². The third-order valence-corrected chi connectivity index (χ3v) is 14.7. The van der Waals surface area contributed by atoms with Gasteiger partial charge in [0.15, 0.2) is 5.78 Å². The number of ether oxygens (including phenoxy) is 2. The van der Waals surface area contributed by atoms with E-state index in [-0.39, 0.29) is 40.8 Å². The van der Waals surface area contributed by atoms with E-state index < -0.39 is 40.5 Å². The Kier molecular flexibility index (Phi) is 5.98. The number of aliphatic hydroxyl groups excluding tert-OH is 1. The number of H-pyrrole nitrogens is 1. The Morgan fingerprint density at radius 1 is 1.00 bits per heavy atom. The summed E-state index contributed by atoms with van der Waals surface area (Å²) in [6.07, 6.45) is 4.65. The molecule has 0 amide bonds. The molecule has 2 saturated heterocycles. The highest BCUT2D eigenvalue weighted by Crippen LogP contribution is 2.71. The highest BCUT2D eigenvalue weighted by molar-refractivity contribution is 6.06. The van der Waals surface area contributed by atoms with Gasteiger partial charge in [-0.2, -0.15) is 0 Å². The maximum absolute atomic E-state index is 14.2. The van der Waals surface area contributed by atoms with Gasteiger partial charge in [0.1, 0.15) is 6.29 Å². The van der Waals surface area contributed by atoms with Crippen LogP contribution in [-0.4, -0.2) is 62.4 Å². The van der Waals surface area contributed by atoms with Crippen LogP contribution in [0.3, 0.4) is 0 Å². The van der Waals surface area contributed by atoms with E-state index in [0.29, 0.717) is 12.3 Å². The number of carbonyl (C=O) groups excluding carboxylic acids is 2. The molecule has 7 heteroatoms. The Balaban J connectivity index is 1.24. The van der Waals surface area contributed by atoms with Crippen LogP contribution in [0.1, 0.15) is 115 Å². The summed E-state index contributed by atoms with van der Waals surface area (Å²) in [7, 11) is 0. The van der Waals surface area contributed by atoms with Gasteiger partial charge in [-0.1, -0.05) is 13.8 Å². The Morgan fingerprint density at radius 3 is 2.42 bits per heavy atom. The molecular weight excluding hydrogens is 566 g/mol. The summed E-state index contributed by atoms with van der Waals surface area (Å²) in [4.78, 5) is 31.4. The summed E-state index contributed by atoms with van der Waals surface area (Å²) in [6.45, 7) is 16.6. The fraction of sp³-hybridized carbons (Fsp3) is 0.737. The van der Waals surface area contributed by atoms with Gasteiger partial charge in [0, 0.05) is 39.9 Å². The van der Waals surface area contributed by atoms with Crippen molar-refractivity contribution in [2.75, 3.05) is 0 Å². The summed E-state index contributed by atoms with van der Waals surface area (Å²) in [6, 6.07) is 4.15. The maximum Gasteiger partial charge on any atom is 0.169 e. The standard InChI is InChI=1S/C38H51NO6/c1-33(2,43)28-17-26(41)38(18-40)25-12-9-19-15-22-29-21-16-23-30(35(5,6)45-34(23,3)4)31(42)20(21)10-11-24(29)39-32(22)37(19,8)36(25,7)14-13-27(38)44-28/h10-11,18-19,23,25-28,30,39,41,43H,9,12-17H2,1-8H3/t19?,23?,25?,26-,27?,28+,30?,36+,37-,38-/m1/s1. The molecule has 2 saturated carbocycles. The Labute approximate surface area is 266 Å². The van der Waals surface area contributed by atoms with E-state index in [1.165, 1.54) is 22.2 Å². The average Bonchev–Trinajstić information content (AvgIpc) is 3.52. The molecule has 45 heavy (non-hydrogen) atoms. The number of aldehydes is 1. The van der Waals surface area contributed by atoms with Crippen molar-refractivity contribution >= 4 is 23.0 Å². The number of fused-ring (bicyclic) bond motifs is 12. The second kappa shape index (κ2) is 8.89. The number of benzene rings is 1. The van der Waals surface area contributed by atoms with Crippen LogP contribution in [0.4, 0.5) is 0 Å². The zero-order valence-corrected chi connectivity index (χ0v) is 28.3. The average molecular weight is 618 g/mol. The smallest absolute Gasteiger partial charge is 0.169 e. The van der Waals surface area contributed by atoms with Crippen molar-refractivity contribution < 1.29 is 29.3 Å². The lowest BCUT2D eigenvalue weighted by atomic mass is 9.39. The molecule has 2 aliphatic heterocycles. The fourth-order valence-corrected chi connectivity index (χ4v) is 12.4. The molecule has 4 fully saturated rings. The number of aromatic amines is 1. The van der Waals surface area contributed by atoms with Crippen molar-refractivity contribution in [3.8, 4) is 0 Å². The molecule has 3 heterocycles.